The van der Waals surface area contributed by atoms with E-state index in [0.717, 1.165) is 52.8 Å². The van der Waals surface area contributed by atoms with Gasteiger partial charge in [-0.2, -0.15) is 0 Å². The molecule has 0 bridgehead atoms. The highest BCUT2D eigenvalue weighted by Gasteiger charge is 2.19. The van der Waals surface area contributed by atoms with Crippen LogP contribution in [0.15, 0.2) is 42.5 Å². The average Bonchev–Trinajstić information content (AvgIpc) is 2.90. The number of nitrogens with zero attached hydrogens (tertiary/aromatic N) is 1. The van der Waals surface area contributed by atoms with Gasteiger partial charge in [0.05, 0.1) is 19.3 Å². The Labute approximate surface area is 175 Å². The molecular formula is C24H26N2O4. The molecule has 0 unspecified atom stereocenters. The van der Waals surface area contributed by atoms with Gasteiger partial charge in [-0.3, -0.25) is 9.59 Å². The first-order valence-corrected chi connectivity index (χ1v) is 10.3. The summed E-state index contributed by atoms with van der Waals surface area (Å²) in [5.41, 5.74) is 3.30. The van der Waals surface area contributed by atoms with Gasteiger partial charge in [-0.25, -0.2) is 0 Å². The Morgan fingerprint density at radius 2 is 1.93 bits per heavy atom. The van der Waals surface area contributed by atoms with E-state index >= 15 is 0 Å². The average molecular weight is 406 g/mol. The van der Waals surface area contributed by atoms with Crippen molar-refractivity contribution in [3.63, 3.8) is 0 Å². The van der Waals surface area contributed by atoms with E-state index in [1.54, 1.807) is 0 Å². The first kappa shape index (κ1) is 20.0. The zero-order chi connectivity index (χ0) is 21.1. The Morgan fingerprint density at radius 3 is 2.70 bits per heavy atom. The second-order valence-electron chi connectivity index (χ2n) is 7.51. The van der Waals surface area contributed by atoms with E-state index in [1.807, 2.05) is 60.9 Å². The summed E-state index contributed by atoms with van der Waals surface area (Å²) in [5.74, 6) is 1.36. The quantitative estimate of drug-likeness (QED) is 0.623. The lowest BCUT2D eigenvalue weighted by Gasteiger charge is -2.20. The molecular weight excluding hydrogens is 380 g/mol. The standard InChI is InChI=1S/C24H26N2O4/c1-3-20(17-9-10-22-23(13-17)30-12-6-11-29-22)25-24(28)14-26-16(2)19(15-27)18-7-4-5-8-21(18)26/h4-5,7-10,13,15,20H,3,6,11-12,14H2,1-2H3,(H,25,28)/t20-/m0/s1. The molecule has 2 heterocycles. The molecule has 0 spiro atoms. The molecule has 6 heteroatoms. The van der Waals surface area contributed by atoms with E-state index in [1.165, 1.54) is 0 Å². The minimum atomic E-state index is -0.137. The van der Waals surface area contributed by atoms with Gasteiger partial charge < -0.3 is 19.4 Å². The van der Waals surface area contributed by atoms with Crippen LogP contribution >= 0.6 is 0 Å². The fourth-order valence-electron chi connectivity index (χ4n) is 4.01. The number of aldehydes is 1. The Kier molecular flexibility index (Phi) is 5.74. The molecule has 6 nitrogen and oxygen atoms in total. The second kappa shape index (κ2) is 8.61. The molecule has 1 amide bonds. The number of para-hydroxylation sites is 1. The Hall–Kier alpha value is -3.28. The number of nitrogens with one attached hydrogen (secondary N) is 1. The van der Waals surface area contributed by atoms with Crippen LogP contribution < -0.4 is 14.8 Å². The van der Waals surface area contributed by atoms with E-state index in [4.69, 9.17) is 9.47 Å². The molecule has 0 fully saturated rings. The predicted molar refractivity (Wildman–Crippen MR) is 115 cm³/mol. The summed E-state index contributed by atoms with van der Waals surface area (Å²) in [6, 6.07) is 13.4. The van der Waals surface area contributed by atoms with Crippen LogP contribution in [0.2, 0.25) is 0 Å². The Bertz CT molecular complexity index is 1090. The van der Waals surface area contributed by atoms with Gasteiger partial charge in [0.25, 0.3) is 0 Å². The van der Waals surface area contributed by atoms with Crippen LogP contribution in [-0.4, -0.2) is 30.0 Å². The smallest absolute Gasteiger partial charge is 0.240 e. The molecule has 4 rings (SSSR count). The molecule has 1 aliphatic heterocycles. The summed E-state index contributed by atoms with van der Waals surface area (Å²) in [7, 11) is 0. The number of hydrogen-bond acceptors (Lipinski definition) is 4. The summed E-state index contributed by atoms with van der Waals surface area (Å²) < 4.78 is 13.4. The van der Waals surface area contributed by atoms with E-state index < -0.39 is 0 Å². The maximum absolute atomic E-state index is 12.9. The van der Waals surface area contributed by atoms with Gasteiger partial charge in [0, 0.05) is 28.6 Å². The first-order chi connectivity index (χ1) is 14.6. The summed E-state index contributed by atoms with van der Waals surface area (Å²) in [6.07, 6.45) is 2.46. The number of carbonyl (C=O) groups excluding carboxylic acids is 2. The second-order valence-corrected chi connectivity index (χ2v) is 7.51. The molecule has 30 heavy (non-hydrogen) atoms. The zero-order valence-electron chi connectivity index (χ0n) is 17.3. The van der Waals surface area contributed by atoms with Crippen LogP contribution in [-0.2, 0) is 11.3 Å². The minimum Gasteiger partial charge on any atom is -0.490 e. The van der Waals surface area contributed by atoms with Crippen molar-refractivity contribution in [2.75, 3.05) is 13.2 Å². The van der Waals surface area contributed by atoms with Crippen LogP contribution in [0, 0.1) is 6.92 Å². The molecule has 0 saturated heterocycles. The maximum atomic E-state index is 12.9. The van der Waals surface area contributed by atoms with E-state index in [-0.39, 0.29) is 18.5 Å². The third-order valence-electron chi connectivity index (χ3n) is 5.62. The van der Waals surface area contributed by atoms with Crippen LogP contribution in [0.4, 0.5) is 0 Å². The molecule has 0 radical (unpaired) electrons. The number of carbonyl (C=O) groups is 2. The molecule has 1 N–H and O–H groups in total. The van der Waals surface area contributed by atoms with Gasteiger partial charge >= 0.3 is 0 Å². The van der Waals surface area contributed by atoms with Crippen molar-refractivity contribution in [3.8, 4) is 11.5 Å². The normalized spacial score (nSPS) is 14.2. The van der Waals surface area contributed by atoms with E-state index in [0.29, 0.717) is 18.8 Å². The number of amides is 1. The molecule has 2 aromatic carbocycles. The highest BCUT2D eigenvalue weighted by atomic mass is 16.5. The summed E-state index contributed by atoms with van der Waals surface area (Å²) in [5, 5.41) is 4.00. The zero-order valence-corrected chi connectivity index (χ0v) is 17.3. The van der Waals surface area contributed by atoms with E-state index in [9.17, 15) is 9.59 Å². The number of fused-ring (bicyclic) bond motifs is 2. The van der Waals surface area contributed by atoms with Crippen molar-refractivity contribution in [1.29, 1.82) is 0 Å². The lowest BCUT2D eigenvalue weighted by atomic mass is 10.0. The van der Waals surface area contributed by atoms with Crippen LogP contribution in [0.3, 0.4) is 0 Å². The molecule has 0 aliphatic carbocycles. The van der Waals surface area contributed by atoms with Crippen molar-refractivity contribution in [2.24, 2.45) is 0 Å². The van der Waals surface area contributed by atoms with Crippen molar-refractivity contribution >= 4 is 23.1 Å². The summed E-state index contributed by atoms with van der Waals surface area (Å²) >= 11 is 0. The fraction of sp³-hybridized carbons (Fsp3) is 0.333. The number of aromatic nitrogens is 1. The van der Waals surface area contributed by atoms with Gasteiger partial charge in [0.15, 0.2) is 17.8 Å². The Morgan fingerprint density at radius 1 is 1.17 bits per heavy atom. The highest BCUT2D eigenvalue weighted by Crippen LogP contribution is 2.33. The van der Waals surface area contributed by atoms with Crippen LogP contribution in [0.1, 0.15) is 47.4 Å². The molecule has 1 atom stereocenters. The van der Waals surface area contributed by atoms with Gasteiger partial charge in [-0.1, -0.05) is 31.2 Å². The molecule has 1 aliphatic rings. The van der Waals surface area contributed by atoms with Gasteiger partial charge in [0.1, 0.15) is 6.54 Å². The molecule has 0 saturated carbocycles. The van der Waals surface area contributed by atoms with Crippen molar-refractivity contribution < 1.29 is 19.1 Å². The molecule has 3 aromatic rings. The summed E-state index contributed by atoms with van der Waals surface area (Å²) in [6.45, 7) is 5.33. The van der Waals surface area contributed by atoms with Crippen LogP contribution in [0.5, 0.6) is 11.5 Å². The lowest BCUT2D eigenvalue weighted by Crippen LogP contribution is -2.31. The third-order valence-corrected chi connectivity index (χ3v) is 5.62. The topological polar surface area (TPSA) is 69.6 Å². The molecule has 156 valence electrons. The fourth-order valence-corrected chi connectivity index (χ4v) is 4.01. The van der Waals surface area contributed by atoms with E-state index in [2.05, 4.69) is 5.32 Å². The van der Waals surface area contributed by atoms with Crippen molar-refractivity contribution in [1.82, 2.24) is 9.88 Å². The lowest BCUT2D eigenvalue weighted by molar-refractivity contribution is -0.122. The largest absolute Gasteiger partial charge is 0.490 e. The number of hydrogen-bond donors (Lipinski definition) is 1. The number of ether oxygens (including phenoxy) is 2. The first-order valence-electron chi connectivity index (χ1n) is 10.3. The van der Waals surface area contributed by atoms with Crippen molar-refractivity contribution in [2.45, 2.75) is 39.3 Å². The minimum absolute atomic E-state index is 0.102. The SMILES string of the molecule is CC[C@H](NC(=O)Cn1c(C)c(C=O)c2ccccc21)c1ccc2c(c1)OCCCO2. The predicted octanol–water partition coefficient (Wildman–Crippen LogP) is 4.19. The number of benzene rings is 2. The van der Waals surface area contributed by atoms with Gasteiger partial charge in [0.2, 0.25) is 5.91 Å². The number of rotatable bonds is 6. The monoisotopic (exact) mass is 406 g/mol. The maximum Gasteiger partial charge on any atom is 0.240 e. The van der Waals surface area contributed by atoms with Gasteiger partial charge in [-0.15, -0.1) is 0 Å². The Balaban J connectivity index is 1.55. The van der Waals surface area contributed by atoms with Crippen molar-refractivity contribution in [3.05, 3.63) is 59.3 Å². The highest BCUT2D eigenvalue weighted by molar-refractivity contribution is 6.00. The van der Waals surface area contributed by atoms with Gasteiger partial charge in [-0.05, 0) is 37.1 Å². The third kappa shape index (κ3) is 3.77. The molecule has 1 aromatic heterocycles. The van der Waals surface area contributed by atoms with Crippen LogP contribution in [0.25, 0.3) is 10.9 Å². The summed E-state index contributed by atoms with van der Waals surface area (Å²) in [4.78, 5) is 24.5.